The van der Waals surface area contributed by atoms with Gasteiger partial charge in [0.1, 0.15) is 11.6 Å². The number of hydrogen-bond acceptors (Lipinski definition) is 2. The van der Waals surface area contributed by atoms with Crippen molar-refractivity contribution >= 4 is 33.2 Å². The van der Waals surface area contributed by atoms with Crippen LogP contribution in [0.3, 0.4) is 0 Å². The topological polar surface area (TPSA) is 41.1 Å². The first-order chi connectivity index (χ1) is 9.95. The first-order valence-electron chi connectivity index (χ1n) is 6.20. The molecule has 2 N–H and O–H groups in total. The molecule has 0 bridgehead atoms. The Labute approximate surface area is 129 Å². The van der Waals surface area contributed by atoms with Crippen LogP contribution in [0, 0.1) is 18.6 Å². The van der Waals surface area contributed by atoms with Gasteiger partial charge in [-0.25, -0.2) is 8.78 Å². The SMILES string of the molecule is Cc1cc(F)c(Br)cc1NCC(=O)Nc1ccc(F)cc1. The van der Waals surface area contributed by atoms with Crippen LogP contribution in [0.4, 0.5) is 20.2 Å². The van der Waals surface area contributed by atoms with E-state index >= 15 is 0 Å². The highest BCUT2D eigenvalue weighted by Crippen LogP contribution is 2.24. The number of nitrogens with one attached hydrogen (secondary N) is 2. The molecule has 110 valence electrons. The Kier molecular flexibility index (Phi) is 4.90. The molecule has 0 fully saturated rings. The van der Waals surface area contributed by atoms with Gasteiger partial charge >= 0.3 is 0 Å². The minimum Gasteiger partial charge on any atom is -0.376 e. The predicted molar refractivity (Wildman–Crippen MR) is 82.4 cm³/mol. The van der Waals surface area contributed by atoms with Gasteiger partial charge in [-0.15, -0.1) is 0 Å². The van der Waals surface area contributed by atoms with E-state index in [2.05, 4.69) is 26.6 Å². The van der Waals surface area contributed by atoms with Gasteiger partial charge in [0.15, 0.2) is 0 Å². The summed E-state index contributed by atoms with van der Waals surface area (Å²) in [6.07, 6.45) is 0. The van der Waals surface area contributed by atoms with Gasteiger partial charge in [-0.2, -0.15) is 0 Å². The van der Waals surface area contributed by atoms with Crippen LogP contribution in [0.15, 0.2) is 40.9 Å². The quantitative estimate of drug-likeness (QED) is 0.868. The molecule has 3 nitrogen and oxygen atoms in total. The molecule has 1 amide bonds. The lowest BCUT2D eigenvalue weighted by Crippen LogP contribution is -2.22. The third-order valence-corrected chi connectivity index (χ3v) is 3.44. The van der Waals surface area contributed by atoms with Gasteiger partial charge in [0, 0.05) is 11.4 Å². The summed E-state index contributed by atoms with van der Waals surface area (Å²) in [5, 5.41) is 5.56. The number of aryl methyl sites for hydroxylation is 1. The zero-order chi connectivity index (χ0) is 15.4. The number of amides is 1. The molecule has 0 heterocycles. The number of anilines is 2. The highest BCUT2D eigenvalue weighted by molar-refractivity contribution is 9.10. The Morgan fingerprint density at radius 2 is 1.86 bits per heavy atom. The van der Waals surface area contributed by atoms with Crippen molar-refractivity contribution in [2.75, 3.05) is 17.2 Å². The summed E-state index contributed by atoms with van der Waals surface area (Å²) >= 11 is 3.10. The third kappa shape index (κ3) is 4.26. The summed E-state index contributed by atoms with van der Waals surface area (Å²) in [6.45, 7) is 1.77. The molecule has 0 aliphatic rings. The fourth-order valence-electron chi connectivity index (χ4n) is 1.75. The van der Waals surface area contributed by atoms with Gasteiger partial charge < -0.3 is 10.6 Å². The second kappa shape index (κ2) is 6.67. The minimum atomic E-state index is -0.363. The lowest BCUT2D eigenvalue weighted by Gasteiger charge is -2.11. The van der Waals surface area contributed by atoms with Crippen molar-refractivity contribution in [2.45, 2.75) is 6.92 Å². The first kappa shape index (κ1) is 15.4. The molecule has 0 saturated heterocycles. The van der Waals surface area contributed by atoms with E-state index in [0.29, 0.717) is 21.4 Å². The zero-order valence-corrected chi connectivity index (χ0v) is 12.8. The normalized spacial score (nSPS) is 10.3. The molecular weight excluding hydrogens is 342 g/mol. The maximum atomic E-state index is 13.3. The monoisotopic (exact) mass is 354 g/mol. The van der Waals surface area contributed by atoms with E-state index in [1.165, 1.54) is 30.3 Å². The van der Waals surface area contributed by atoms with Crippen molar-refractivity contribution in [3.63, 3.8) is 0 Å². The molecule has 2 aromatic carbocycles. The maximum absolute atomic E-state index is 13.3. The lowest BCUT2D eigenvalue weighted by atomic mass is 10.2. The number of rotatable bonds is 4. The third-order valence-electron chi connectivity index (χ3n) is 2.83. The van der Waals surface area contributed by atoms with E-state index in [-0.39, 0.29) is 24.1 Å². The van der Waals surface area contributed by atoms with Crippen molar-refractivity contribution < 1.29 is 13.6 Å². The largest absolute Gasteiger partial charge is 0.376 e. The Hall–Kier alpha value is -1.95. The van der Waals surface area contributed by atoms with E-state index in [1.54, 1.807) is 13.0 Å². The van der Waals surface area contributed by atoms with Gasteiger partial charge in [-0.1, -0.05) is 0 Å². The van der Waals surface area contributed by atoms with Crippen LogP contribution in [0.2, 0.25) is 0 Å². The number of carbonyl (C=O) groups is 1. The summed E-state index contributed by atoms with van der Waals surface area (Å²) in [6, 6.07) is 8.45. The van der Waals surface area contributed by atoms with Gasteiger partial charge in [-0.05, 0) is 64.8 Å². The molecule has 0 aromatic heterocycles. The summed E-state index contributed by atoms with van der Waals surface area (Å²) < 4.78 is 26.4. The van der Waals surface area contributed by atoms with Crippen molar-refractivity contribution in [3.05, 3.63) is 58.1 Å². The average Bonchev–Trinajstić information content (AvgIpc) is 2.44. The van der Waals surface area contributed by atoms with Crippen LogP contribution in [-0.4, -0.2) is 12.5 Å². The Morgan fingerprint density at radius 1 is 1.19 bits per heavy atom. The molecule has 2 rings (SSSR count). The molecule has 0 saturated carbocycles. The van der Waals surface area contributed by atoms with Gasteiger partial charge in [0.25, 0.3) is 0 Å². The van der Waals surface area contributed by atoms with E-state index in [1.807, 2.05) is 0 Å². The summed E-state index contributed by atoms with van der Waals surface area (Å²) in [4.78, 5) is 11.8. The van der Waals surface area contributed by atoms with Crippen LogP contribution in [0.1, 0.15) is 5.56 Å². The Morgan fingerprint density at radius 3 is 2.52 bits per heavy atom. The number of carbonyl (C=O) groups excluding carboxylic acids is 1. The molecular formula is C15H13BrF2N2O. The number of benzene rings is 2. The molecule has 6 heteroatoms. The van der Waals surface area contributed by atoms with Crippen LogP contribution in [-0.2, 0) is 4.79 Å². The van der Waals surface area contributed by atoms with E-state index in [0.717, 1.165) is 0 Å². The van der Waals surface area contributed by atoms with Crippen molar-refractivity contribution in [2.24, 2.45) is 0 Å². The molecule has 0 unspecified atom stereocenters. The Bertz CT molecular complexity index is 659. The van der Waals surface area contributed by atoms with Gasteiger partial charge in [0.2, 0.25) is 5.91 Å². The molecule has 2 aromatic rings. The molecule has 0 atom stereocenters. The van der Waals surface area contributed by atoms with Gasteiger partial charge in [-0.3, -0.25) is 4.79 Å². The van der Waals surface area contributed by atoms with Crippen LogP contribution in [0.25, 0.3) is 0 Å². The number of hydrogen-bond donors (Lipinski definition) is 2. The molecule has 0 spiro atoms. The Balaban J connectivity index is 1.95. The second-order valence-corrected chi connectivity index (χ2v) is 5.34. The van der Waals surface area contributed by atoms with E-state index in [9.17, 15) is 13.6 Å². The fraction of sp³-hybridized carbons (Fsp3) is 0.133. The minimum absolute atomic E-state index is 0.0241. The van der Waals surface area contributed by atoms with Crippen molar-refractivity contribution in [1.29, 1.82) is 0 Å². The highest BCUT2D eigenvalue weighted by atomic mass is 79.9. The molecule has 0 aliphatic carbocycles. The average molecular weight is 355 g/mol. The molecule has 0 radical (unpaired) electrons. The fourth-order valence-corrected chi connectivity index (χ4v) is 2.09. The van der Waals surface area contributed by atoms with E-state index in [4.69, 9.17) is 0 Å². The second-order valence-electron chi connectivity index (χ2n) is 4.49. The lowest BCUT2D eigenvalue weighted by molar-refractivity contribution is -0.114. The molecule has 21 heavy (non-hydrogen) atoms. The predicted octanol–water partition coefficient (Wildman–Crippen LogP) is 4.09. The van der Waals surface area contributed by atoms with Crippen molar-refractivity contribution in [3.8, 4) is 0 Å². The van der Waals surface area contributed by atoms with Crippen LogP contribution in [0.5, 0.6) is 0 Å². The zero-order valence-electron chi connectivity index (χ0n) is 11.2. The van der Waals surface area contributed by atoms with Gasteiger partial charge in [0.05, 0.1) is 11.0 Å². The summed E-state index contributed by atoms with van der Waals surface area (Å²) in [5.41, 5.74) is 1.88. The standard InChI is InChI=1S/C15H13BrF2N2O/c1-9-6-13(18)12(16)7-14(9)19-8-15(21)20-11-4-2-10(17)3-5-11/h2-7,19H,8H2,1H3,(H,20,21). The van der Waals surface area contributed by atoms with Crippen molar-refractivity contribution in [1.82, 2.24) is 0 Å². The summed E-state index contributed by atoms with van der Waals surface area (Å²) in [5.74, 6) is -0.992. The first-order valence-corrected chi connectivity index (χ1v) is 7.00. The molecule has 0 aliphatic heterocycles. The van der Waals surface area contributed by atoms with E-state index < -0.39 is 0 Å². The smallest absolute Gasteiger partial charge is 0.243 e. The summed E-state index contributed by atoms with van der Waals surface area (Å²) in [7, 11) is 0. The maximum Gasteiger partial charge on any atom is 0.243 e. The number of halogens is 3. The van der Waals surface area contributed by atoms with Crippen LogP contribution >= 0.6 is 15.9 Å². The van der Waals surface area contributed by atoms with Crippen LogP contribution < -0.4 is 10.6 Å². The highest BCUT2D eigenvalue weighted by Gasteiger charge is 2.07.